The highest BCUT2D eigenvalue weighted by Crippen LogP contribution is 2.38. The molecule has 0 aromatic carbocycles. The van der Waals surface area contributed by atoms with Crippen molar-refractivity contribution in [2.24, 2.45) is 23.7 Å². The maximum absolute atomic E-state index is 2.44. The van der Waals surface area contributed by atoms with Crippen LogP contribution in [0.3, 0.4) is 0 Å². The topological polar surface area (TPSA) is 0 Å². The van der Waals surface area contributed by atoms with Crippen LogP contribution in [0.5, 0.6) is 0 Å². The Kier molecular flexibility index (Phi) is 6.45. The van der Waals surface area contributed by atoms with E-state index in [2.05, 4.69) is 27.7 Å². The zero-order valence-electron chi connectivity index (χ0n) is 10.4. The van der Waals surface area contributed by atoms with Crippen LogP contribution in [-0.4, -0.2) is 0 Å². The Morgan fingerprint density at radius 2 is 1.54 bits per heavy atom. The lowest BCUT2D eigenvalue weighted by Crippen LogP contribution is -2.27. The number of hydrogen-bond acceptors (Lipinski definition) is 0. The van der Waals surface area contributed by atoms with Gasteiger partial charge < -0.3 is 0 Å². The first kappa shape index (κ1) is 13.0. The molecule has 4 unspecified atom stereocenters. The van der Waals surface area contributed by atoms with Gasteiger partial charge in [-0.3, -0.25) is 0 Å². The van der Waals surface area contributed by atoms with Gasteiger partial charge in [0.1, 0.15) is 0 Å². The van der Waals surface area contributed by atoms with Crippen LogP contribution in [0.4, 0.5) is 0 Å². The quantitative estimate of drug-likeness (QED) is 0.552. The van der Waals surface area contributed by atoms with Crippen molar-refractivity contribution in [3.05, 3.63) is 0 Å². The van der Waals surface area contributed by atoms with Gasteiger partial charge in [-0.05, 0) is 36.5 Å². The van der Waals surface area contributed by atoms with E-state index in [9.17, 15) is 0 Å². The molecule has 1 aliphatic carbocycles. The third-order valence-corrected chi connectivity index (χ3v) is 3.64. The summed E-state index contributed by atoms with van der Waals surface area (Å²) in [4.78, 5) is 0. The van der Waals surface area contributed by atoms with Crippen LogP contribution in [0, 0.1) is 23.7 Å². The van der Waals surface area contributed by atoms with Crippen LogP contribution in [0.25, 0.3) is 0 Å². The van der Waals surface area contributed by atoms with E-state index in [-0.39, 0.29) is 0 Å². The van der Waals surface area contributed by atoms with E-state index in [1.165, 1.54) is 19.3 Å². The molecule has 1 fully saturated rings. The maximum atomic E-state index is 2.44. The summed E-state index contributed by atoms with van der Waals surface area (Å²) in [6, 6.07) is 0. The van der Waals surface area contributed by atoms with Crippen molar-refractivity contribution < 1.29 is 0 Å². The minimum atomic E-state index is 0.962. The SMILES string of the molecule is CC.CCC1CC(C)CC(C)C1C. The zero-order chi connectivity index (χ0) is 10.4. The van der Waals surface area contributed by atoms with Crippen molar-refractivity contribution in [2.75, 3.05) is 0 Å². The second-order valence-corrected chi connectivity index (χ2v) is 4.58. The Morgan fingerprint density at radius 3 is 2.00 bits per heavy atom. The molecule has 4 atom stereocenters. The summed E-state index contributed by atoms with van der Waals surface area (Å²) >= 11 is 0. The lowest BCUT2D eigenvalue weighted by atomic mass is 9.69. The summed E-state index contributed by atoms with van der Waals surface area (Å²) < 4.78 is 0. The fourth-order valence-corrected chi connectivity index (χ4v) is 2.68. The van der Waals surface area contributed by atoms with Crippen molar-refractivity contribution in [2.45, 2.75) is 60.8 Å². The van der Waals surface area contributed by atoms with Crippen LogP contribution in [0.15, 0.2) is 0 Å². The van der Waals surface area contributed by atoms with Gasteiger partial charge in [-0.15, -0.1) is 0 Å². The van der Waals surface area contributed by atoms with Crippen molar-refractivity contribution in [1.29, 1.82) is 0 Å². The van der Waals surface area contributed by atoms with E-state index in [0.717, 1.165) is 23.7 Å². The number of hydrogen-bond donors (Lipinski definition) is 0. The standard InChI is InChI=1S/C11H22.C2H6/c1-5-11-7-8(2)6-9(3)10(11)4;1-2/h8-11H,5-7H2,1-4H3;1-2H3. The molecule has 0 aromatic rings. The molecule has 0 spiro atoms. The number of rotatable bonds is 1. The molecule has 0 aromatic heterocycles. The summed E-state index contributed by atoms with van der Waals surface area (Å²) in [7, 11) is 0. The summed E-state index contributed by atoms with van der Waals surface area (Å²) in [5.41, 5.74) is 0. The van der Waals surface area contributed by atoms with Gasteiger partial charge in [0, 0.05) is 0 Å². The Hall–Kier alpha value is 0. The summed E-state index contributed by atoms with van der Waals surface area (Å²) in [5, 5.41) is 0. The second-order valence-electron chi connectivity index (χ2n) is 4.58. The van der Waals surface area contributed by atoms with Gasteiger partial charge in [0.2, 0.25) is 0 Å². The molecule has 0 aliphatic heterocycles. The summed E-state index contributed by atoms with van der Waals surface area (Å²) in [5.74, 6) is 3.92. The first-order valence-corrected chi connectivity index (χ1v) is 6.15. The van der Waals surface area contributed by atoms with Crippen molar-refractivity contribution in [3.8, 4) is 0 Å². The van der Waals surface area contributed by atoms with Crippen LogP contribution >= 0.6 is 0 Å². The first-order chi connectivity index (χ1) is 6.15. The van der Waals surface area contributed by atoms with Gasteiger partial charge in [0.15, 0.2) is 0 Å². The maximum Gasteiger partial charge on any atom is -0.0386 e. The Labute approximate surface area is 85.1 Å². The summed E-state index contributed by atoms with van der Waals surface area (Å²) in [6.45, 7) is 13.6. The predicted octanol–water partition coefficient (Wildman–Crippen LogP) is 4.74. The van der Waals surface area contributed by atoms with Gasteiger partial charge in [-0.25, -0.2) is 0 Å². The molecule has 0 heteroatoms. The average molecular weight is 184 g/mol. The molecule has 0 radical (unpaired) electrons. The monoisotopic (exact) mass is 184 g/mol. The molecular weight excluding hydrogens is 156 g/mol. The van der Waals surface area contributed by atoms with Crippen LogP contribution in [-0.2, 0) is 0 Å². The molecule has 0 bridgehead atoms. The van der Waals surface area contributed by atoms with Crippen LogP contribution in [0.1, 0.15) is 60.8 Å². The van der Waals surface area contributed by atoms with Gasteiger partial charge in [0.05, 0.1) is 0 Å². The molecule has 1 rings (SSSR count). The Bertz CT molecular complexity index is 117. The Morgan fingerprint density at radius 1 is 1.00 bits per heavy atom. The fourth-order valence-electron chi connectivity index (χ4n) is 2.68. The Balaban J connectivity index is 0.000000671. The fraction of sp³-hybridized carbons (Fsp3) is 1.00. The van der Waals surface area contributed by atoms with Gasteiger partial charge in [-0.1, -0.05) is 48.0 Å². The molecule has 13 heavy (non-hydrogen) atoms. The van der Waals surface area contributed by atoms with Gasteiger partial charge >= 0.3 is 0 Å². The smallest absolute Gasteiger partial charge is 0.0386 e. The van der Waals surface area contributed by atoms with Gasteiger partial charge in [-0.2, -0.15) is 0 Å². The lowest BCUT2D eigenvalue weighted by Gasteiger charge is -2.37. The minimum absolute atomic E-state index is 0.962. The normalized spacial score (nSPS) is 39.2. The van der Waals surface area contributed by atoms with E-state index >= 15 is 0 Å². The third kappa shape index (κ3) is 3.70. The molecule has 0 amide bonds. The molecule has 0 nitrogen and oxygen atoms in total. The zero-order valence-corrected chi connectivity index (χ0v) is 10.4. The molecule has 1 aliphatic rings. The van der Waals surface area contributed by atoms with E-state index in [0.29, 0.717) is 0 Å². The highest BCUT2D eigenvalue weighted by Gasteiger charge is 2.29. The predicted molar refractivity (Wildman–Crippen MR) is 61.9 cm³/mol. The van der Waals surface area contributed by atoms with E-state index in [1.807, 2.05) is 13.8 Å². The molecule has 1 saturated carbocycles. The largest absolute Gasteiger partial charge is 0.0683 e. The molecule has 0 N–H and O–H groups in total. The highest BCUT2D eigenvalue weighted by molar-refractivity contribution is 4.79. The van der Waals surface area contributed by atoms with Crippen molar-refractivity contribution in [1.82, 2.24) is 0 Å². The van der Waals surface area contributed by atoms with Crippen LogP contribution in [0.2, 0.25) is 0 Å². The molecule has 80 valence electrons. The van der Waals surface area contributed by atoms with E-state index in [1.54, 1.807) is 0 Å². The van der Waals surface area contributed by atoms with E-state index < -0.39 is 0 Å². The van der Waals surface area contributed by atoms with Gasteiger partial charge in [0.25, 0.3) is 0 Å². The second kappa shape index (κ2) is 6.45. The third-order valence-electron chi connectivity index (χ3n) is 3.64. The minimum Gasteiger partial charge on any atom is -0.0683 e. The van der Waals surface area contributed by atoms with Crippen LogP contribution < -0.4 is 0 Å². The molecule has 0 heterocycles. The lowest BCUT2D eigenvalue weighted by molar-refractivity contribution is 0.134. The van der Waals surface area contributed by atoms with E-state index in [4.69, 9.17) is 0 Å². The first-order valence-electron chi connectivity index (χ1n) is 6.15. The van der Waals surface area contributed by atoms with Crippen molar-refractivity contribution in [3.63, 3.8) is 0 Å². The summed E-state index contributed by atoms with van der Waals surface area (Å²) in [6.07, 6.45) is 4.31. The van der Waals surface area contributed by atoms with Crippen molar-refractivity contribution >= 4 is 0 Å². The highest BCUT2D eigenvalue weighted by atomic mass is 14.3. The average Bonchev–Trinajstić information content (AvgIpc) is 2.14. The molecule has 0 saturated heterocycles. The molecular formula is C13H28.